The molecule has 0 unspecified atom stereocenters. The lowest BCUT2D eigenvalue weighted by atomic mass is 10.0. The van der Waals surface area contributed by atoms with Crippen LogP contribution in [0.1, 0.15) is 50.2 Å². The number of fused-ring (bicyclic) bond motifs is 1. The summed E-state index contributed by atoms with van der Waals surface area (Å²) in [5, 5.41) is -0.217. The fraction of sp³-hybridized carbons (Fsp3) is 0.385. The molecule has 0 radical (unpaired) electrons. The maximum Gasteiger partial charge on any atom is 0.432 e. The van der Waals surface area contributed by atoms with Crippen LogP contribution in [0.5, 0.6) is 11.5 Å². The third-order valence-electron chi connectivity index (χ3n) is 5.49. The molecule has 3 aromatic rings. The zero-order valence-electron chi connectivity index (χ0n) is 19.3. The molecule has 2 nitrogen and oxygen atoms in total. The van der Waals surface area contributed by atoms with Crippen molar-refractivity contribution in [2.75, 3.05) is 6.61 Å². The third kappa shape index (κ3) is 7.01. The number of rotatable bonds is 11. The van der Waals surface area contributed by atoms with Crippen LogP contribution in [0.4, 0.5) is 35.1 Å². The standard InChI is InChI=1S/C26H24F8O2/c1-2-3-4-5-6-7-16-12-20(27)23(21(28)13-16)26(33,34)36-18-9-10-19-17(14-18)8-11-22(24(19)29)35-15-25(30,31)32/h8-14H,2-7,15H2,1H3. The second-order valence-electron chi connectivity index (χ2n) is 8.38. The van der Waals surface area contributed by atoms with Crippen LogP contribution in [-0.2, 0) is 12.5 Å². The molecule has 36 heavy (non-hydrogen) atoms. The quantitative estimate of drug-likeness (QED) is 0.186. The molecule has 0 aliphatic rings. The van der Waals surface area contributed by atoms with Crippen molar-refractivity contribution in [2.24, 2.45) is 0 Å². The van der Waals surface area contributed by atoms with Gasteiger partial charge in [-0.3, -0.25) is 0 Å². The van der Waals surface area contributed by atoms with E-state index < -0.39 is 53.4 Å². The monoisotopic (exact) mass is 520 g/mol. The fourth-order valence-corrected chi connectivity index (χ4v) is 3.76. The molecular formula is C26H24F8O2. The molecule has 0 atom stereocenters. The Balaban J connectivity index is 1.77. The molecule has 0 spiro atoms. The minimum Gasteiger partial charge on any atom is -0.481 e. The van der Waals surface area contributed by atoms with Crippen molar-refractivity contribution in [1.29, 1.82) is 0 Å². The van der Waals surface area contributed by atoms with E-state index in [1.165, 1.54) is 0 Å². The second-order valence-corrected chi connectivity index (χ2v) is 8.38. The minimum atomic E-state index is -4.68. The van der Waals surface area contributed by atoms with Gasteiger partial charge in [-0.25, -0.2) is 13.2 Å². The van der Waals surface area contributed by atoms with Gasteiger partial charge in [-0.15, -0.1) is 0 Å². The Morgan fingerprint density at radius 1 is 0.778 bits per heavy atom. The molecule has 10 heteroatoms. The van der Waals surface area contributed by atoms with Crippen molar-refractivity contribution >= 4 is 10.8 Å². The van der Waals surface area contributed by atoms with Gasteiger partial charge in [0, 0.05) is 5.39 Å². The van der Waals surface area contributed by atoms with E-state index in [4.69, 9.17) is 0 Å². The van der Waals surface area contributed by atoms with E-state index in [-0.39, 0.29) is 16.3 Å². The summed E-state index contributed by atoms with van der Waals surface area (Å²) in [4.78, 5) is 0. The summed E-state index contributed by atoms with van der Waals surface area (Å²) in [6.45, 7) is 0.340. The van der Waals surface area contributed by atoms with Crippen LogP contribution in [0, 0.1) is 17.5 Å². The van der Waals surface area contributed by atoms with Gasteiger partial charge in [0.1, 0.15) is 22.9 Å². The molecule has 196 valence electrons. The van der Waals surface area contributed by atoms with Gasteiger partial charge in [0.25, 0.3) is 0 Å². The Labute approximate surface area is 202 Å². The molecule has 0 aromatic heterocycles. The molecule has 0 fully saturated rings. The average Bonchev–Trinajstić information content (AvgIpc) is 2.77. The molecule has 0 aliphatic carbocycles. The molecule has 3 aromatic carbocycles. The van der Waals surface area contributed by atoms with Crippen LogP contribution < -0.4 is 9.47 Å². The number of hydrogen-bond acceptors (Lipinski definition) is 2. The van der Waals surface area contributed by atoms with Gasteiger partial charge in [-0.1, -0.05) is 38.7 Å². The number of hydrogen-bond donors (Lipinski definition) is 0. The van der Waals surface area contributed by atoms with E-state index >= 15 is 0 Å². The number of unbranched alkanes of at least 4 members (excludes halogenated alkanes) is 4. The lowest BCUT2D eigenvalue weighted by Crippen LogP contribution is -2.25. The van der Waals surface area contributed by atoms with Crippen molar-refractivity contribution in [2.45, 2.75) is 57.7 Å². The Bertz CT molecular complexity index is 1170. The number of alkyl halides is 5. The molecule has 0 N–H and O–H groups in total. The highest BCUT2D eigenvalue weighted by molar-refractivity contribution is 5.86. The number of halogens is 8. The average molecular weight is 520 g/mol. The molecule has 0 saturated carbocycles. The summed E-state index contributed by atoms with van der Waals surface area (Å²) >= 11 is 0. The van der Waals surface area contributed by atoms with Crippen molar-refractivity contribution in [3.8, 4) is 11.5 Å². The first-order valence-corrected chi connectivity index (χ1v) is 11.4. The van der Waals surface area contributed by atoms with E-state index in [0.717, 1.165) is 68.1 Å². The molecule has 0 amide bonds. The van der Waals surface area contributed by atoms with Crippen LogP contribution in [0.3, 0.4) is 0 Å². The fourth-order valence-electron chi connectivity index (χ4n) is 3.76. The number of aryl methyl sites for hydroxylation is 1. The van der Waals surface area contributed by atoms with Gasteiger partial charge in [0.15, 0.2) is 18.2 Å². The van der Waals surface area contributed by atoms with E-state index in [9.17, 15) is 35.1 Å². The van der Waals surface area contributed by atoms with Gasteiger partial charge in [-0.2, -0.15) is 22.0 Å². The van der Waals surface area contributed by atoms with Crippen LogP contribution in [0.25, 0.3) is 10.8 Å². The number of benzene rings is 3. The van der Waals surface area contributed by atoms with Crippen LogP contribution >= 0.6 is 0 Å². The lowest BCUT2D eigenvalue weighted by Gasteiger charge is -2.20. The SMILES string of the molecule is CCCCCCCc1cc(F)c(C(F)(F)Oc2ccc3c(F)c(OCC(F)(F)F)ccc3c2)c(F)c1. The van der Waals surface area contributed by atoms with Gasteiger partial charge in [0.2, 0.25) is 0 Å². The van der Waals surface area contributed by atoms with E-state index in [1.54, 1.807) is 0 Å². The van der Waals surface area contributed by atoms with Crippen molar-refractivity contribution in [3.63, 3.8) is 0 Å². The first kappa shape index (κ1) is 27.5. The Morgan fingerprint density at radius 2 is 1.44 bits per heavy atom. The molecular weight excluding hydrogens is 496 g/mol. The van der Waals surface area contributed by atoms with Crippen molar-refractivity contribution in [1.82, 2.24) is 0 Å². The highest BCUT2D eigenvalue weighted by Gasteiger charge is 2.41. The summed E-state index contributed by atoms with van der Waals surface area (Å²) in [5.74, 6) is -5.25. The zero-order valence-corrected chi connectivity index (χ0v) is 19.3. The molecule has 3 rings (SSSR count). The highest BCUT2D eigenvalue weighted by atomic mass is 19.4. The normalized spacial score (nSPS) is 12.2. The van der Waals surface area contributed by atoms with Gasteiger partial charge < -0.3 is 9.47 Å². The van der Waals surface area contributed by atoms with Gasteiger partial charge in [0.05, 0.1) is 0 Å². The largest absolute Gasteiger partial charge is 0.481 e. The maximum absolute atomic E-state index is 14.7. The van der Waals surface area contributed by atoms with Crippen LogP contribution in [0.2, 0.25) is 0 Å². The van der Waals surface area contributed by atoms with E-state index in [1.807, 2.05) is 0 Å². The molecule has 0 aliphatic heterocycles. The van der Waals surface area contributed by atoms with Crippen LogP contribution in [-0.4, -0.2) is 12.8 Å². The van der Waals surface area contributed by atoms with Crippen molar-refractivity contribution in [3.05, 3.63) is 71.0 Å². The Kier molecular flexibility index (Phi) is 8.68. The van der Waals surface area contributed by atoms with Gasteiger partial charge in [-0.05, 0) is 60.2 Å². The number of ether oxygens (including phenoxy) is 2. The van der Waals surface area contributed by atoms with Crippen LogP contribution in [0.15, 0.2) is 42.5 Å². The first-order chi connectivity index (χ1) is 16.9. The molecule has 0 saturated heterocycles. The highest BCUT2D eigenvalue weighted by Crippen LogP contribution is 2.37. The summed E-state index contributed by atoms with van der Waals surface area (Å²) in [6, 6.07) is 6.64. The summed E-state index contributed by atoms with van der Waals surface area (Å²) < 4.78 is 119. The van der Waals surface area contributed by atoms with Gasteiger partial charge >= 0.3 is 12.3 Å². The first-order valence-electron chi connectivity index (χ1n) is 11.4. The Hall–Kier alpha value is -3.04. The molecule has 0 bridgehead atoms. The van der Waals surface area contributed by atoms with Crippen molar-refractivity contribution < 1.29 is 44.6 Å². The third-order valence-corrected chi connectivity index (χ3v) is 5.49. The summed E-state index contributed by atoms with van der Waals surface area (Å²) in [5.41, 5.74) is -1.30. The van der Waals surface area contributed by atoms with E-state index in [2.05, 4.69) is 16.4 Å². The smallest absolute Gasteiger partial charge is 0.432 e. The zero-order chi connectivity index (χ0) is 26.5. The predicted molar refractivity (Wildman–Crippen MR) is 119 cm³/mol. The Morgan fingerprint density at radius 3 is 2.08 bits per heavy atom. The minimum absolute atomic E-state index is 0.000441. The topological polar surface area (TPSA) is 18.5 Å². The summed E-state index contributed by atoms with van der Waals surface area (Å²) in [6.07, 6.45) is -4.15. The summed E-state index contributed by atoms with van der Waals surface area (Å²) in [7, 11) is 0. The maximum atomic E-state index is 14.7. The molecule has 0 heterocycles. The van der Waals surface area contributed by atoms with E-state index in [0.29, 0.717) is 12.8 Å². The predicted octanol–water partition coefficient (Wildman–Crippen LogP) is 8.84. The second kappa shape index (κ2) is 11.3. The lowest BCUT2D eigenvalue weighted by molar-refractivity contribution is -0.189.